The number of aromatic nitrogens is 2. The minimum Gasteiger partial charge on any atom is -0.386 e. The molecular formula is C18H26N3O3S2+. The number of nitrogens with zero attached hydrogens (tertiary/aromatic N) is 2. The molecule has 1 aliphatic heterocycles. The number of thiophene rings is 1. The summed E-state index contributed by atoms with van der Waals surface area (Å²) in [5.74, 6) is 0.517. The predicted octanol–water partition coefficient (Wildman–Crippen LogP) is 0.629. The first-order valence-corrected chi connectivity index (χ1v) is 10.6. The van der Waals surface area contributed by atoms with Crippen molar-refractivity contribution in [3.05, 3.63) is 33.4 Å². The number of aliphatic hydroxyl groups is 1. The molecule has 142 valence electrons. The number of aliphatic hydroxyl groups excluding tert-OH is 1. The highest BCUT2D eigenvalue weighted by molar-refractivity contribution is 7.99. The lowest BCUT2D eigenvalue weighted by atomic mass is 10.2. The number of rotatable bonds is 7. The Morgan fingerprint density at radius 1 is 1.46 bits per heavy atom. The topological polar surface area (TPSA) is 68.8 Å². The summed E-state index contributed by atoms with van der Waals surface area (Å²) in [5, 5.41) is 11.8. The number of allylic oxidation sites excluding steroid dienone is 1. The van der Waals surface area contributed by atoms with Crippen molar-refractivity contribution in [2.45, 2.75) is 31.7 Å². The molecule has 2 aromatic heterocycles. The quantitative estimate of drug-likeness (QED) is 0.408. The van der Waals surface area contributed by atoms with E-state index < -0.39 is 6.10 Å². The number of ether oxygens (including phenoxy) is 1. The van der Waals surface area contributed by atoms with Crippen LogP contribution in [0.5, 0.6) is 0 Å². The molecule has 1 aliphatic rings. The van der Waals surface area contributed by atoms with E-state index in [0.717, 1.165) is 41.6 Å². The fourth-order valence-electron chi connectivity index (χ4n) is 3.14. The molecule has 0 spiro atoms. The summed E-state index contributed by atoms with van der Waals surface area (Å²) in [5.41, 5.74) is 0.986. The zero-order chi connectivity index (χ0) is 18.7. The van der Waals surface area contributed by atoms with Gasteiger partial charge in [-0.3, -0.25) is 9.36 Å². The second-order valence-electron chi connectivity index (χ2n) is 6.59. The molecule has 0 aromatic carbocycles. The van der Waals surface area contributed by atoms with E-state index in [1.54, 1.807) is 22.0 Å². The first-order valence-electron chi connectivity index (χ1n) is 8.85. The van der Waals surface area contributed by atoms with Crippen molar-refractivity contribution in [2.75, 3.05) is 38.6 Å². The molecule has 1 saturated heterocycles. The number of morpholine rings is 1. The molecule has 1 fully saturated rings. The van der Waals surface area contributed by atoms with Crippen molar-refractivity contribution in [1.29, 1.82) is 0 Å². The molecule has 6 nitrogen and oxygen atoms in total. The van der Waals surface area contributed by atoms with Gasteiger partial charge in [0.2, 0.25) is 0 Å². The maximum absolute atomic E-state index is 12.9. The molecular weight excluding hydrogens is 370 g/mol. The third-order valence-corrected chi connectivity index (χ3v) is 6.92. The minimum absolute atomic E-state index is 0.0208. The van der Waals surface area contributed by atoms with Gasteiger partial charge in [-0.2, -0.15) is 0 Å². The number of thioether (sulfide) groups is 1. The van der Waals surface area contributed by atoms with Gasteiger partial charge in [0, 0.05) is 17.2 Å². The maximum Gasteiger partial charge on any atom is 0.263 e. The van der Waals surface area contributed by atoms with Crippen molar-refractivity contribution in [2.24, 2.45) is 0 Å². The molecule has 0 unspecified atom stereocenters. The van der Waals surface area contributed by atoms with Crippen LogP contribution < -0.4 is 10.5 Å². The van der Waals surface area contributed by atoms with E-state index in [-0.39, 0.29) is 5.56 Å². The lowest BCUT2D eigenvalue weighted by molar-refractivity contribution is -0.910. The van der Waals surface area contributed by atoms with Gasteiger partial charge in [0.25, 0.3) is 5.56 Å². The monoisotopic (exact) mass is 396 g/mol. The number of quaternary nitrogens is 1. The van der Waals surface area contributed by atoms with Crippen LogP contribution in [0.4, 0.5) is 0 Å². The third-order valence-electron chi connectivity index (χ3n) is 4.69. The molecule has 3 rings (SSSR count). The Morgan fingerprint density at radius 3 is 2.88 bits per heavy atom. The number of fused-ring (bicyclic) bond motifs is 1. The summed E-state index contributed by atoms with van der Waals surface area (Å²) in [6, 6.07) is 0. The predicted molar refractivity (Wildman–Crippen MR) is 107 cm³/mol. The average Bonchev–Trinajstić information content (AvgIpc) is 2.91. The van der Waals surface area contributed by atoms with Crippen molar-refractivity contribution in [3.63, 3.8) is 0 Å². The molecule has 2 N–H and O–H groups in total. The van der Waals surface area contributed by atoms with E-state index in [1.165, 1.54) is 16.7 Å². The van der Waals surface area contributed by atoms with Gasteiger partial charge in [-0.05, 0) is 19.4 Å². The number of hydrogen-bond donors (Lipinski definition) is 2. The van der Waals surface area contributed by atoms with Gasteiger partial charge in [0.15, 0.2) is 5.16 Å². The molecule has 2 aromatic rings. The van der Waals surface area contributed by atoms with E-state index in [4.69, 9.17) is 9.72 Å². The van der Waals surface area contributed by atoms with Crippen molar-refractivity contribution in [3.8, 4) is 0 Å². The summed E-state index contributed by atoms with van der Waals surface area (Å²) in [4.78, 5) is 20.9. The van der Waals surface area contributed by atoms with E-state index in [1.807, 2.05) is 13.8 Å². The fraction of sp³-hybridized carbons (Fsp3) is 0.556. The third kappa shape index (κ3) is 4.20. The fourth-order valence-corrected chi connectivity index (χ4v) is 5.14. The smallest absolute Gasteiger partial charge is 0.263 e. The lowest BCUT2D eigenvalue weighted by Gasteiger charge is -2.25. The first kappa shape index (κ1) is 19.6. The van der Waals surface area contributed by atoms with Crippen LogP contribution in [0.15, 0.2) is 22.6 Å². The van der Waals surface area contributed by atoms with Gasteiger partial charge in [-0.1, -0.05) is 17.8 Å². The molecule has 0 amide bonds. The van der Waals surface area contributed by atoms with Crippen LogP contribution in [0.25, 0.3) is 10.2 Å². The maximum atomic E-state index is 12.9. The Balaban J connectivity index is 1.78. The molecule has 0 radical (unpaired) electrons. The molecule has 1 atom stereocenters. The summed E-state index contributed by atoms with van der Waals surface area (Å²) < 4.78 is 7.02. The van der Waals surface area contributed by atoms with Crippen molar-refractivity contribution >= 4 is 33.3 Å². The number of aryl methyl sites for hydroxylation is 2. The zero-order valence-corrected chi connectivity index (χ0v) is 16.9. The lowest BCUT2D eigenvalue weighted by Crippen LogP contribution is -3.15. The Kier molecular flexibility index (Phi) is 6.52. The molecule has 3 heterocycles. The van der Waals surface area contributed by atoms with E-state index >= 15 is 0 Å². The second-order valence-corrected chi connectivity index (χ2v) is 8.78. The first-order chi connectivity index (χ1) is 12.5. The van der Waals surface area contributed by atoms with Crippen LogP contribution in [0, 0.1) is 13.8 Å². The second kappa shape index (κ2) is 8.67. The Labute approximate surface area is 161 Å². The standard InChI is InChI=1S/C18H25N3O3S2/c1-4-5-21-17(23)15-12(2)13(3)26-16(15)19-18(21)25-11-14(22)10-20-6-8-24-9-7-20/h4,14,22H,1,5-11H2,2-3H3/p+1/t14-/m0/s1. The summed E-state index contributed by atoms with van der Waals surface area (Å²) in [6.07, 6.45) is 1.27. The summed E-state index contributed by atoms with van der Waals surface area (Å²) in [7, 11) is 0. The highest BCUT2D eigenvalue weighted by Gasteiger charge is 2.20. The van der Waals surface area contributed by atoms with Crippen molar-refractivity contribution in [1.82, 2.24) is 9.55 Å². The minimum atomic E-state index is -0.440. The van der Waals surface area contributed by atoms with E-state index in [9.17, 15) is 9.90 Å². The van der Waals surface area contributed by atoms with Gasteiger partial charge >= 0.3 is 0 Å². The van der Waals surface area contributed by atoms with Crippen LogP contribution in [-0.2, 0) is 11.3 Å². The van der Waals surface area contributed by atoms with Crippen LogP contribution in [-0.4, -0.2) is 59.4 Å². The molecule has 0 bridgehead atoms. The normalized spacial score (nSPS) is 16.9. The van der Waals surface area contributed by atoms with Gasteiger partial charge in [-0.25, -0.2) is 4.98 Å². The summed E-state index contributed by atoms with van der Waals surface area (Å²) >= 11 is 3.00. The highest BCUT2D eigenvalue weighted by atomic mass is 32.2. The van der Waals surface area contributed by atoms with Gasteiger partial charge in [-0.15, -0.1) is 17.9 Å². The molecule has 8 heteroatoms. The van der Waals surface area contributed by atoms with Crippen LogP contribution in [0.1, 0.15) is 10.4 Å². The van der Waals surface area contributed by atoms with Crippen molar-refractivity contribution < 1.29 is 14.7 Å². The van der Waals surface area contributed by atoms with Gasteiger partial charge in [0.05, 0.1) is 18.6 Å². The molecule has 0 saturated carbocycles. The average molecular weight is 397 g/mol. The van der Waals surface area contributed by atoms with E-state index in [0.29, 0.717) is 29.4 Å². The van der Waals surface area contributed by atoms with E-state index in [2.05, 4.69) is 6.58 Å². The Bertz CT molecular complexity index is 840. The summed E-state index contributed by atoms with van der Waals surface area (Å²) in [6.45, 7) is 12.2. The Morgan fingerprint density at radius 2 is 2.19 bits per heavy atom. The number of nitrogens with one attached hydrogen (secondary N) is 1. The highest BCUT2D eigenvalue weighted by Crippen LogP contribution is 2.28. The molecule has 26 heavy (non-hydrogen) atoms. The molecule has 0 aliphatic carbocycles. The van der Waals surface area contributed by atoms with Gasteiger partial charge < -0.3 is 14.7 Å². The SMILES string of the molecule is C=CCn1c(SC[C@@H](O)C[NH+]2CCOCC2)nc2sc(C)c(C)c2c1=O. The van der Waals surface area contributed by atoms with Crippen LogP contribution in [0.3, 0.4) is 0 Å². The zero-order valence-electron chi connectivity index (χ0n) is 15.3. The Hall–Kier alpha value is -1.19. The van der Waals surface area contributed by atoms with Crippen LogP contribution in [0.2, 0.25) is 0 Å². The van der Waals surface area contributed by atoms with Crippen LogP contribution >= 0.6 is 23.1 Å². The largest absolute Gasteiger partial charge is 0.386 e. The van der Waals surface area contributed by atoms with Gasteiger partial charge in [0.1, 0.15) is 30.6 Å². The number of hydrogen-bond acceptors (Lipinski definition) is 6.